The van der Waals surface area contributed by atoms with E-state index in [4.69, 9.17) is 9.47 Å². The summed E-state index contributed by atoms with van der Waals surface area (Å²) in [5.74, 6) is 3.22. The number of ether oxygens (including phenoxy) is 2. The Hall–Kier alpha value is -0.0800. The lowest BCUT2D eigenvalue weighted by Crippen LogP contribution is -2.48. The lowest BCUT2D eigenvalue weighted by Gasteiger charge is -2.46. The topological polar surface area (TPSA) is 18.5 Å². The van der Waals surface area contributed by atoms with Gasteiger partial charge in [0, 0.05) is 11.8 Å². The van der Waals surface area contributed by atoms with Crippen LogP contribution in [0.5, 0.6) is 0 Å². The summed E-state index contributed by atoms with van der Waals surface area (Å²) >= 11 is 0. The molecule has 1 saturated heterocycles. The average Bonchev–Trinajstić information content (AvgIpc) is 2.56. The second-order valence-electron chi connectivity index (χ2n) is 10.2. The first-order valence-corrected chi connectivity index (χ1v) is 10.6. The van der Waals surface area contributed by atoms with Crippen molar-refractivity contribution in [3.8, 4) is 0 Å². The zero-order valence-corrected chi connectivity index (χ0v) is 16.6. The zero-order chi connectivity index (χ0) is 17.2. The van der Waals surface area contributed by atoms with Gasteiger partial charge in [-0.1, -0.05) is 59.3 Å². The van der Waals surface area contributed by atoms with Crippen LogP contribution >= 0.6 is 0 Å². The lowest BCUT2D eigenvalue weighted by molar-refractivity contribution is -0.302. The summed E-state index contributed by atoms with van der Waals surface area (Å²) < 4.78 is 12.7. The van der Waals surface area contributed by atoms with Gasteiger partial charge in [0.25, 0.3) is 0 Å². The highest BCUT2D eigenvalue weighted by Crippen LogP contribution is 2.43. The summed E-state index contributed by atoms with van der Waals surface area (Å²) in [7, 11) is 0. The highest BCUT2D eigenvalue weighted by atomic mass is 16.7. The first-order valence-electron chi connectivity index (χ1n) is 10.6. The van der Waals surface area contributed by atoms with Crippen molar-refractivity contribution in [3.05, 3.63) is 0 Å². The highest BCUT2D eigenvalue weighted by Gasteiger charge is 2.42. The van der Waals surface area contributed by atoms with E-state index in [9.17, 15) is 0 Å². The molecule has 24 heavy (non-hydrogen) atoms. The minimum absolute atomic E-state index is 0.228. The van der Waals surface area contributed by atoms with Crippen molar-refractivity contribution in [1.82, 2.24) is 0 Å². The zero-order valence-electron chi connectivity index (χ0n) is 16.6. The Balaban J connectivity index is 1.45. The Kier molecular flexibility index (Phi) is 5.97. The molecule has 0 aromatic rings. The standard InChI is InChI=1S/C22H40O2/c1-17-5-9-19(10-6-17)13-21(3)15-23-22(4,24-16-21)14-20-11-7-18(2)8-12-20/h17-20H,5-16H2,1-4H3. The van der Waals surface area contributed by atoms with Gasteiger partial charge in [-0.05, 0) is 49.9 Å². The van der Waals surface area contributed by atoms with E-state index < -0.39 is 0 Å². The van der Waals surface area contributed by atoms with Crippen molar-refractivity contribution in [2.45, 2.75) is 97.7 Å². The molecule has 3 rings (SSSR count). The first kappa shape index (κ1) is 18.7. The largest absolute Gasteiger partial charge is 0.350 e. The van der Waals surface area contributed by atoms with E-state index in [1.54, 1.807) is 0 Å². The molecule has 0 N–H and O–H groups in total. The summed E-state index contributed by atoms with van der Waals surface area (Å²) in [6.45, 7) is 11.1. The molecule has 0 bridgehead atoms. The van der Waals surface area contributed by atoms with Crippen LogP contribution in [0.15, 0.2) is 0 Å². The molecular weight excluding hydrogens is 296 g/mol. The summed E-state index contributed by atoms with van der Waals surface area (Å²) in [6.07, 6.45) is 13.5. The second-order valence-corrected chi connectivity index (χ2v) is 10.2. The van der Waals surface area contributed by atoms with E-state index in [2.05, 4.69) is 27.7 Å². The second kappa shape index (κ2) is 7.66. The van der Waals surface area contributed by atoms with Gasteiger partial charge in [-0.3, -0.25) is 0 Å². The monoisotopic (exact) mass is 336 g/mol. The predicted molar refractivity (Wildman–Crippen MR) is 99.9 cm³/mol. The van der Waals surface area contributed by atoms with Crippen LogP contribution in [0.25, 0.3) is 0 Å². The van der Waals surface area contributed by atoms with E-state index in [-0.39, 0.29) is 11.2 Å². The first-order chi connectivity index (χ1) is 11.4. The molecule has 0 unspecified atom stereocenters. The molecule has 2 nitrogen and oxygen atoms in total. The van der Waals surface area contributed by atoms with E-state index in [0.717, 1.165) is 43.3 Å². The fraction of sp³-hybridized carbons (Fsp3) is 1.00. The number of hydrogen-bond donors (Lipinski definition) is 0. The normalized spacial score (nSPS) is 47.5. The maximum absolute atomic E-state index is 6.35. The van der Waals surface area contributed by atoms with Gasteiger partial charge in [-0.25, -0.2) is 0 Å². The summed E-state index contributed by atoms with van der Waals surface area (Å²) in [5, 5.41) is 0. The van der Waals surface area contributed by atoms with Crippen molar-refractivity contribution in [2.24, 2.45) is 29.1 Å². The van der Waals surface area contributed by atoms with Crippen molar-refractivity contribution >= 4 is 0 Å². The molecule has 3 fully saturated rings. The molecule has 0 amide bonds. The molecule has 3 aliphatic rings. The molecule has 2 aliphatic carbocycles. The fourth-order valence-electron chi connectivity index (χ4n) is 5.26. The van der Waals surface area contributed by atoms with Crippen LogP contribution in [0, 0.1) is 29.1 Å². The Morgan fingerprint density at radius 1 is 0.667 bits per heavy atom. The minimum atomic E-state index is -0.328. The molecule has 0 radical (unpaired) electrons. The molecular formula is C22H40O2. The van der Waals surface area contributed by atoms with Crippen molar-refractivity contribution < 1.29 is 9.47 Å². The Labute approximate surface area is 150 Å². The van der Waals surface area contributed by atoms with Gasteiger partial charge < -0.3 is 9.47 Å². The van der Waals surface area contributed by atoms with Crippen LogP contribution in [-0.2, 0) is 9.47 Å². The van der Waals surface area contributed by atoms with Crippen LogP contribution in [0.3, 0.4) is 0 Å². The summed E-state index contributed by atoms with van der Waals surface area (Å²) in [4.78, 5) is 0. The minimum Gasteiger partial charge on any atom is -0.350 e. The van der Waals surface area contributed by atoms with E-state index in [1.807, 2.05) is 0 Å². The van der Waals surface area contributed by atoms with Crippen LogP contribution in [-0.4, -0.2) is 19.0 Å². The molecule has 0 aromatic carbocycles. The van der Waals surface area contributed by atoms with Gasteiger partial charge in [0.1, 0.15) is 0 Å². The third kappa shape index (κ3) is 4.97. The van der Waals surface area contributed by atoms with E-state index in [1.165, 1.54) is 57.8 Å². The average molecular weight is 337 g/mol. The molecule has 0 spiro atoms. The molecule has 0 atom stereocenters. The van der Waals surface area contributed by atoms with Crippen molar-refractivity contribution in [2.75, 3.05) is 13.2 Å². The smallest absolute Gasteiger partial charge is 0.165 e. The van der Waals surface area contributed by atoms with E-state index in [0.29, 0.717) is 0 Å². The fourth-order valence-corrected chi connectivity index (χ4v) is 5.26. The number of hydrogen-bond acceptors (Lipinski definition) is 2. The van der Waals surface area contributed by atoms with Crippen molar-refractivity contribution in [1.29, 1.82) is 0 Å². The van der Waals surface area contributed by atoms with Gasteiger partial charge in [0.2, 0.25) is 0 Å². The highest BCUT2D eigenvalue weighted by molar-refractivity contribution is 4.86. The van der Waals surface area contributed by atoms with Crippen LogP contribution in [0.2, 0.25) is 0 Å². The number of rotatable bonds is 4. The van der Waals surface area contributed by atoms with Gasteiger partial charge in [-0.2, -0.15) is 0 Å². The quantitative estimate of drug-likeness (QED) is 0.609. The molecule has 2 saturated carbocycles. The molecule has 1 aliphatic heterocycles. The molecule has 1 heterocycles. The summed E-state index contributed by atoms with van der Waals surface area (Å²) in [6, 6.07) is 0. The Bertz CT molecular complexity index is 343. The molecule has 0 aromatic heterocycles. The van der Waals surface area contributed by atoms with Crippen molar-refractivity contribution in [3.63, 3.8) is 0 Å². The van der Waals surface area contributed by atoms with E-state index >= 15 is 0 Å². The van der Waals surface area contributed by atoms with Gasteiger partial charge >= 0.3 is 0 Å². The van der Waals surface area contributed by atoms with Crippen LogP contribution in [0.1, 0.15) is 91.9 Å². The predicted octanol–water partition coefficient (Wildman–Crippen LogP) is 6.19. The third-order valence-electron chi connectivity index (χ3n) is 7.16. The van der Waals surface area contributed by atoms with Crippen LogP contribution in [0.4, 0.5) is 0 Å². The Morgan fingerprint density at radius 3 is 1.54 bits per heavy atom. The maximum atomic E-state index is 6.35. The Morgan fingerprint density at radius 2 is 1.08 bits per heavy atom. The lowest BCUT2D eigenvalue weighted by atomic mass is 9.73. The summed E-state index contributed by atoms with van der Waals surface area (Å²) in [5.41, 5.74) is 0.228. The van der Waals surface area contributed by atoms with Gasteiger partial charge in [0.15, 0.2) is 5.79 Å². The SMILES string of the molecule is CC1CCC(CC2(C)COC(C)(CC3CCC(C)CC3)OC2)CC1. The van der Waals surface area contributed by atoms with Gasteiger partial charge in [0.05, 0.1) is 13.2 Å². The van der Waals surface area contributed by atoms with Gasteiger partial charge in [-0.15, -0.1) is 0 Å². The molecule has 140 valence electrons. The maximum Gasteiger partial charge on any atom is 0.165 e. The molecule has 2 heteroatoms. The van der Waals surface area contributed by atoms with Crippen LogP contribution < -0.4 is 0 Å². The third-order valence-corrected chi connectivity index (χ3v) is 7.16.